The van der Waals surface area contributed by atoms with E-state index in [1.807, 2.05) is 30.9 Å². The van der Waals surface area contributed by atoms with Crippen molar-refractivity contribution in [1.29, 1.82) is 0 Å². The first-order valence-corrected chi connectivity index (χ1v) is 10.7. The van der Waals surface area contributed by atoms with Crippen molar-refractivity contribution in [2.45, 2.75) is 51.4 Å². The number of carbonyl (C=O) groups excluding carboxylic acids is 1. The summed E-state index contributed by atoms with van der Waals surface area (Å²) in [4.78, 5) is 23.6. The second-order valence-corrected chi connectivity index (χ2v) is 7.82. The summed E-state index contributed by atoms with van der Waals surface area (Å²) in [6.45, 7) is 1.96. The summed E-state index contributed by atoms with van der Waals surface area (Å²) in [5, 5.41) is 10.2. The van der Waals surface area contributed by atoms with E-state index in [2.05, 4.69) is 14.5 Å². The monoisotopic (exact) mass is 427 g/mol. The van der Waals surface area contributed by atoms with Gasteiger partial charge >= 0.3 is 0 Å². The number of fused-ring (bicyclic) bond motifs is 2. The fourth-order valence-electron chi connectivity index (χ4n) is 4.00. The van der Waals surface area contributed by atoms with E-state index in [1.165, 1.54) is 17.7 Å². The molecule has 0 aliphatic carbocycles. The molecule has 1 saturated heterocycles. The molecule has 1 aromatic carbocycles. The van der Waals surface area contributed by atoms with Crippen LogP contribution in [0.4, 0.5) is 5.69 Å². The van der Waals surface area contributed by atoms with Gasteiger partial charge in [0, 0.05) is 31.5 Å². The number of methoxy groups -OCH3 is 1. The van der Waals surface area contributed by atoms with E-state index in [1.54, 1.807) is 19.1 Å². The second kappa shape index (κ2) is 9.38. The van der Waals surface area contributed by atoms with Crippen LogP contribution < -0.4 is 9.47 Å². The Morgan fingerprint density at radius 2 is 2.00 bits per heavy atom. The highest BCUT2D eigenvalue weighted by Gasteiger charge is 2.43. The van der Waals surface area contributed by atoms with Gasteiger partial charge in [0.25, 0.3) is 5.91 Å². The van der Waals surface area contributed by atoms with Crippen LogP contribution in [0.5, 0.6) is 11.5 Å². The molecule has 2 aromatic rings. The lowest BCUT2D eigenvalue weighted by Gasteiger charge is -2.28. The number of aliphatic hydroxyl groups excluding tert-OH is 1. The lowest BCUT2D eigenvalue weighted by Crippen LogP contribution is -2.37. The molecule has 1 amide bonds. The van der Waals surface area contributed by atoms with E-state index >= 15 is 0 Å². The first kappa shape index (κ1) is 21.2. The minimum Gasteiger partial charge on any atom is -0.492 e. The van der Waals surface area contributed by atoms with Crippen LogP contribution in [0.1, 0.15) is 37.7 Å². The molecule has 9 nitrogen and oxygen atoms in total. The molecule has 2 aliphatic heterocycles. The summed E-state index contributed by atoms with van der Waals surface area (Å²) in [6.07, 6.45) is 10.0. The van der Waals surface area contributed by atoms with Crippen molar-refractivity contribution in [3.05, 3.63) is 36.4 Å². The molecule has 1 unspecified atom stereocenters. The average Bonchev–Trinajstić information content (AvgIpc) is 3.37. The molecule has 4 rings (SSSR count). The number of aliphatic hydroxyl groups is 1. The van der Waals surface area contributed by atoms with Crippen LogP contribution >= 0.6 is 0 Å². The summed E-state index contributed by atoms with van der Waals surface area (Å²) in [7, 11) is 3.21. The minimum absolute atomic E-state index is 0.336. The van der Waals surface area contributed by atoms with Crippen molar-refractivity contribution in [3.8, 4) is 11.5 Å². The molecule has 31 heavy (non-hydrogen) atoms. The Balaban J connectivity index is 1.29. The Kier molecular flexibility index (Phi) is 6.41. The number of likely N-dealkylation sites (N-methyl/N-ethyl adjacent to an activating group) is 1. The Hall–Kier alpha value is -3.07. The number of unbranched alkanes of at least 4 members (excludes halogenated alkanes) is 4. The minimum atomic E-state index is -1.22. The number of aryl methyl sites for hydroxylation is 1. The average molecular weight is 428 g/mol. The largest absolute Gasteiger partial charge is 0.492 e. The lowest BCUT2D eigenvalue weighted by molar-refractivity contribution is -0.136. The summed E-state index contributed by atoms with van der Waals surface area (Å²) < 4.78 is 13.7. The van der Waals surface area contributed by atoms with Crippen molar-refractivity contribution in [2.75, 3.05) is 20.8 Å². The molecule has 1 aromatic heterocycles. The number of benzene rings is 1. The number of aliphatic imine (C=N–C) groups is 1. The Bertz CT molecular complexity index is 944. The molecule has 3 heterocycles. The second-order valence-electron chi connectivity index (χ2n) is 7.82. The van der Waals surface area contributed by atoms with E-state index in [-0.39, 0.29) is 5.91 Å². The van der Waals surface area contributed by atoms with E-state index in [0.717, 1.165) is 37.1 Å². The van der Waals surface area contributed by atoms with Crippen molar-refractivity contribution in [1.82, 2.24) is 19.4 Å². The zero-order valence-electron chi connectivity index (χ0n) is 18.0. The third-order valence-electron chi connectivity index (χ3n) is 5.73. The van der Waals surface area contributed by atoms with Gasteiger partial charge < -0.3 is 24.0 Å². The van der Waals surface area contributed by atoms with Crippen LogP contribution in [-0.2, 0) is 17.9 Å². The smallest absolute Gasteiger partial charge is 0.279 e. The number of guanidine groups is 1. The summed E-state index contributed by atoms with van der Waals surface area (Å²) >= 11 is 0. The van der Waals surface area contributed by atoms with Gasteiger partial charge in [0.15, 0.2) is 11.5 Å². The number of amides is 1. The SMILES string of the molecule is COc1c(OCCCCCCCn2ccnc2)ccc2c1CN1C(=N2)N(C)C(=O)C1O. The molecular formula is C22H29N5O4. The van der Waals surface area contributed by atoms with E-state index in [9.17, 15) is 9.90 Å². The first-order chi connectivity index (χ1) is 15.1. The lowest BCUT2D eigenvalue weighted by atomic mass is 10.1. The third kappa shape index (κ3) is 4.36. The van der Waals surface area contributed by atoms with E-state index < -0.39 is 6.23 Å². The number of ether oxygens (including phenoxy) is 2. The number of imidazole rings is 1. The van der Waals surface area contributed by atoms with Crippen molar-refractivity contribution in [2.24, 2.45) is 4.99 Å². The highest BCUT2D eigenvalue weighted by Crippen LogP contribution is 2.42. The molecule has 0 radical (unpaired) electrons. The van der Waals surface area contributed by atoms with Gasteiger partial charge in [-0.1, -0.05) is 19.3 Å². The molecular weight excluding hydrogens is 398 g/mol. The van der Waals surface area contributed by atoms with Crippen LogP contribution in [0, 0.1) is 0 Å². The van der Waals surface area contributed by atoms with Gasteiger partial charge in [0.2, 0.25) is 12.2 Å². The zero-order chi connectivity index (χ0) is 21.8. The Morgan fingerprint density at radius 1 is 1.19 bits per heavy atom. The number of aromatic nitrogens is 2. The molecule has 1 N–H and O–H groups in total. The van der Waals surface area contributed by atoms with Crippen molar-refractivity contribution < 1.29 is 19.4 Å². The number of nitrogens with zero attached hydrogens (tertiary/aromatic N) is 5. The highest BCUT2D eigenvalue weighted by atomic mass is 16.5. The Labute approximate surface area is 181 Å². The predicted molar refractivity (Wildman–Crippen MR) is 115 cm³/mol. The highest BCUT2D eigenvalue weighted by molar-refractivity contribution is 6.06. The van der Waals surface area contributed by atoms with Crippen LogP contribution in [0.15, 0.2) is 35.8 Å². The van der Waals surface area contributed by atoms with E-state index in [0.29, 0.717) is 30.6 Å². The van der Waals surface area contributed by atoms with Gasteiger partial charge in [-0.05, 0) is 25.0 Å². The summed E-state index contributed by atoms with van der Waals surface area (Å²) in [5.41, 5.74) is 1.53. The number of hydrogen-bond donors (Lipinski definition) is 1. The van der Waals surface area contributed by atoms with Gasteiger partial charge in [0.1, 0.15) is 0 Å². The van der Waals surface area contributed by atoms with Gasteiger partial charge in [-0.15, -0.1) is 0 Å². The van der Waals surface area contributed by atoms with Crippen LogP contribution in [0.25, 0.3) is 0 Å². The van der Waals surface area contributed by atoms with Gasteiger partial charge in [-0.2, -0.15) is 0 Å². The Morgan fingerprint density at radius 3 is 2.77 bits per heavy atom. The third-order valence-corrected chi connectivity index (χ3v) is 5.73. The molecule has 166 valence electrons. The molecule has 0 saturated carbocycles. The van der Waals surface area contributed by atoms with Crippen molar-refractivity contribution >= 4 is 17.6 Å². The topological polar surface area (TPSA) is 92.4 Å². The van der Waals surface area contributed by atoms with Gasteiger partial charge in [-0.3, -0.25) is 9.69 Å². The van der Waals surface area contributed by atoms with Crippen LogP contribution in [0.3, 0.4) is 0 Å². The quantitative estimate of drug-likeness (QED) is 0.586. The number of carbonyl (C=O) groups is 1. The molecule has 1 fully saturated rings. The number of rotatable bonds is 10. The molecule has 9 heteroatoms. The standard InChI is InChI=1S/C22H29N5O4/c1-25-20(28)21(29)27-14-16-17(24-22(25)27)8-9-18(19(16)30-2)31-13-7-5-3-4-6-11-26-12-10-23-15-26/h8-10,12,15,21,29H,3-7,11,13-14H2,1-2H3. The van der Waals surface area contributed by atoms with Gasteiger partial charge in [0.05, 0.1) is 32.3 Å². The van der Waals surface area contributed by atoms with Gasteiger partial charge in [-0.25, -0.2) is 9.98 Å². The fraction of sp³-hybridized carbons (Fsp3) is 0.500. The summed E-state index contributed by atoms with van der Waals surface area (Å²) in [5.74, 6) is 1.34. The van der Waals surface area contributed by atoms with Crippen LogP contribution in [0.2, 0.25) is 0 Å². The zero-order valence-corrected chi connectivity index (χ0v) is 18.0. The maximum atomic E-state index is 12.1. The predicted octanol–water partition coefficient (Wildman–Crippen LogP) is 2.51. The summed E-state index contributed by atoms with van der Waals surface area (Å²) in [6, 6.07) is 3.73. The van der Waals surface area contributed by atoms with Crippen LogP contribution in [-0.4, -0.2) is 63.3 Å². The number of hydrogen-bond acceptors (Lipinski definition) is 7. The van der Waals surface area contributed by atoms with E-state index in [4.69, 9.17) is 9.47 Å². The normalized spacial score (nSPS) is 17.5. The first-order valence-electron chi connectivity index (χ1n) is 10.7. The molecule has 0 bridgehead atoms. The maximum Gasteiger partial charge on any atom is 0.279 e. The molecule has 0 spiro atoms. The fourth-order valence-corrected chi connectivity index (χ4v) is 4.00. The maximum absolute atomic E-state index is 12.1. The molecule has 2 aliphatic rings. The van der Waals surface area contributed by atoms with Crippen molar-refractivity contribution in [3.63, 3.8) is 0 Å². The molecule has 1 atom stereocenters.